The Labute approximate surface area is 124 Å². The van der Waals surface area contributed by atoms with E-state index in [1.165, 1.54) is 0 Å². The van der Waals surface area contributed by atoms with Gasteiger partial charge in [0.05, 0.1) is 35.8 Å². The first-order valence-electron chi connectivity index (χ1n) is 6.83. The third-order valence-electron chi connectivity index (χ3n) is 2.97. The van der Waals surface area contributed by atoms with E-state index in [0.717, 1.165) is 17.1 Å². The molecule has 0 aliphatic heterocycles. The smallest absolute Gasteiger partial charge is 0.338 e. The lowest BCUT2D eigenvalue weighted by Gasteiger charge is -2.10. The van der Waals surface area contributed by atoms with Crippen molar-refractivity contribution in [2.75, 3.05) is 17.7 Å². The first-order valence-corrected chi connectivity index (χ1v) is 6.83. The van der Waals surface area contributed by atoms with Gasteiger partial charge < -0.3 is 15.8 Å². The lowest BCUT2D eigenvalue weighted by Crippen LogP contribution is -2.08. The van der Waals surface area contributed by atoms with Gasteiger partial charge in [-0.3, -0.25) is 4.98 Å². The molecule has 0 fully saturated rings. The van der Waals surface area contributed by atoms with E-state index < -0.39 is 0 Å². The van der Waals surface area contributed by atoms with Crippen LogP contribution in [0, 0.1) is 6.92 Å². The number of carbonyl (C=O) groups excluding carboxylic acids is 1. The quantitative estimate of drug-likeness (QED) is 0.652. The van der Waals surface area contributed by atoms with Gasteiger partial charge in [0.15, 0.2) is 0 Å². The van der Waals surface area contributed by atoms with Crippen LogP contribution in [0.25, 0.3) is 0 Å². The molecule has 1 aromatic heterocycles. The summed E-state index contributed by atoms with van der Waals surface area (Å²) in [6.45, 7) is 4.64. The van der Waals surface area contributed by atoms with Crippen molar-refractivity contribution >= 4 is 17.3 Å². The Balaban J connectivity index is 2.06. The molecule has 5 nitrogen and oxygen atoms in total. The summed E-state index contributed by atoms with van der Waals surface area (Å²) in [5, 5.41) is 3.21. The van der Waals surface area contributed by atoms with Gasteiger partial charge in [-0.2, -0.15) is 0 Å². The highest BCUT2D eigenvalue weighted by molar-refractivity contribution is 5.91. The van der Waals surface area contributed by atoms with Crippen molar-refractivity contribution in [3.05, 3.63) is 53.3 Å². The summed E-state index contributed by atoms with van der Waals surface area (Å²) in [5.41, 5.74) is 9.59. The van der Waals surface area contributed by atoms with Gasteiger partial charge in [-0.15, -0.1) is 0 Å². The van der Waals surface area contributed by atoms with Crippen LogP contribution in [0.1, 0.15) is 28.7 Å². The number of anilines is 2. The molecule has 2 rings (SSSR count). The van der Waals surface area contributed by atoms with Crippen molar-refractivity contribution in [2.24, 2.45) is 0 Å². The van der Waals surface area contributed by atoms with Gasteiger partial charge in [-0.25, -0.2) is 4.79 Å². The number of aromatic nitrogens is 1. The zero-order valence-electron chi connectivity index (χ0n) is 12.2. The van der Waals surface area contributed by atoms with Crippen molar-refractivity contribution in [1.29, 1.82) is 0 Å². The summed E-state index contributed by atoms with van der Waals surface area (Å²) in [6, 6.07) is 10.9. The third-order valence-corrected chi connectivity index (χ3v) is 2.97. The van der Waals surface area contributed by atoms with Crippen LogP contribution in [0.5, 0.6) is 0 Å². The molecule has 0 aliphatic carbocycles. The number of pyridine rings is 1. The van der Waals surface area contributed by atoms with Crippen LogP contribution in [0.4, 0.5) is 11.4 Å². The van der Waals surface area contributed by atoms with Gasteiger partial charge in [0.25, 0.3) is 0 Å². The van der Waals surface area contributed by atoms with Crippen molar-refractivity contribution in [3.8, 4) is 0 Å². The fourth-order valence-electron chi connectivity index (χ4n) is 1.95. The fraction of sp³-hybridized carbons (Fsp3) is 0.250. The lowest BCUT2D eigenvalue weighted by atomic mass is 10.1. The number of nitrogens with two attached hydrogens (primary N) is 1. The Bertz CT molecular complexity index is 641. The molecule has 0 amide bonds. The largest absolute Gasteiger partial charge is 0.462 e. The molecule has 0 bridgehead atoms. The predicted molar refractivity (Wildman–Crippen MR) is 83.1 cm³/mol. The second-order valence-corrected chi connectivity index (χ2v) is 4.65. The zero-order chi connectivity index (χ0) is 15.2. The Morgan fingerprint density at radius 2 is 2.14 bits per heavy atom. The fourth-order valence-corrected chi connectivity index (χ4v) is 1.95. The standard InChI is InChI=1S/C16H19N3O2/c1-3-21-16(20)12-7-8-15(14(17)9-12)18-10-13-6-4-5-11(2)19-13/h4-9,18H,3,10,17H2,1-2H3. The molecule has 0 saturated carbocycles. The van der Waals surface area contributed by atoms with Gasteiger partial charge in [-0.1, -0.05) is 6.07 Å². The average molecular weight is 285 g/mol. The molecule has 0 unspecified atom stereocenters. The van der Waals surface area contributed by atoms with E-state index in [-0.39, 0.29) is 5.97 Å². The van der Waals surface area contributed by atoms with Gasteiger partial charge in [0.2, 0.25) is 0 Å². The van der Waals surface area contributed by atoms with E-state index >= 15 is 0 Å². The maximum Gasteiger partial charge on any atom is 0.338 e. The molecule has 0 atom stereocenters. The van der Waals surface area contributed by atoms with Crippen LogP contribution in [0.15, 0.2) is 36.4 Å². The summed E-state index contributed by atoms with van der Waals surface area (Å²) < 4.78 is 4.94. The molecule has 21 heavy (non-hydrogen) atoms. The Hall–Kier alpha value is -2.56. The van der Waals surface area contributed by atoms with Crippen LogP contribution < -0.4 is 11.1 Å². The maximum absolute atomic E-state index is 11.6. The van der Waals surface area contributed by atoms with E-state index in [0.29, 0.717) is 24.4 Å². The normalized spacial score (nSPS) is 10.2. The summed E-state index contributed by atoms with van der Waals surface area (Å²) in [4.78, 5) is 16.0. The topological polar surface area (TPSA) is 77.2 Å². The molecule has 1 aromatic carbocycles. The van der Waals surface area contributed by atoms with Crippen LogP contribution in [0.3, 0.4) is 0 Å². The minimum absolute atomic E-state index is 0.345. The van der Waals surface area contributed by atoms with Crippen molar-refractivity contribution in [1.82, 2.24) is 4.98 Å². The maximum atomic E-state index is 11.6. The number of benzene rings is 1. The molecular weight excluding hydrogens is 266 g/mol. The minimum Gasteiger partial charge on any atom is -0.462 e. The number of hydrogen-bond donors (Lipinski definition) is 2. The highest BCUT2D eigenvalue weighted by Crippen LogP contribution is 2.21. The third kappa shape index (κ3) is 3.95. The summed E-state index contributed by atoms with van der Waals surface area (Å²) in [6.07, 6.45) is 0. The number of hydrogen-bond acceptors (Lipinski definition) is 5. The molecule has 1 heterocycles. The molecule has 3 N–H and O–H groups in total. The van der Waals surface area contributed by atoms with Crippen LogP contribution in [-0.4, -0.2) is 17.6 Å². The number of rotatable bonds is 5. The Morgan fingerprint density at radius 3 is 2.81 bits per heavy atom. The summed E-state index contributed by atoms with van der Waals surface area (Å²) in [7, 11) is 0. The Morgan fingerprint density at radius 1 is 1.33 bits per heavy atom. The number of ether oxygens (including phenoxy) is 1. The van der Waals surface area contributed by atoms with Gasteiger partial charge in [0.1, 0.15) is 0 Å². The summed E-state index contributed by atoms with van der Waals surface area (Å²) in [5.74, 6) is -0.365. The second kappa shape index (κ2) is 6.74. The number of esters is 1. The van der Waals surface area contributed by atoms with Gasteiger partial charge in [-0.05, 0) is 44.2 Å². The molecule has 0 spiro atoms. The number of nitrogens with one attached hydrogen (secondary N) is 1. The average Bonchev–Trinajstić information content (AvgIpc) is 2.46. The molecule has 5 heteroatoms. The molecule has 0 saturated heterocycles. The molecule has 2 aromatic rings. The van der Waals surface area contributed by atoms with E-state index in [9.17, 15) is 4.79 Å². The van der Waals surface area contributed by atoms with Gasteiger partial charge in [0, 0.05) is 5.69 Å². The van der Waals surface area contributed by atoms with Gasteiger partial charge >= 0.3 is 5.97 Å². The highest BCUT2D eigenvalue weighted by atomic mass is 16.5. The van der Waals surface area contributed by atoms with Crippen molar-refractivity contribution in [3.63, 3.8) is 0 Å². The SMILES string of the molecule is CCOC(=O)c1ccc(NCc2cccc(C)n2)c(N)c1. The van der Waals surface area contributed by atoms with Crippen LogP contribution in [0.2, 0.25) is 0 Å². The number of carbonyl (C=O) groups is 1. The van der Waals surface area contributed by atoms with Crippen LogP contribution in [-0.2, 0) is 11.3 Å². The van der Waals surface area contributed by atoms with Crippen LogP contribution >= 0.6 is 0 Å². The second-order valence-electron chi connectivity index (χ2n) is 4.65. The van der Waals surface area contributed by atoms with E-state index in [2.05, 4.69) is 10.3 Å². The lowest BCUT2D eigenvalue weighted by molar-refractivity contribution is 0.0526. The van der Waals surface area contributed by atoms with E-state index in [1.54, 1.807) is 25.1 Å². The van der Waals surface area contributed by atoms with Crippen molar-refractivity contribution < 1.29 is 9.53 Å². The number of aryl methyl sites for hydroxylation is 1. The molecule has 0 radical (unpaired) electrons. The van der Waals surface area contributed by atoms with Crippen molar-refractivity contribution in [2.45, 2.75) is 20.4 Å². The first-order chi connectivity index (χ1) is 10.1. The monoisotopic (exact) mass is 285 g/mol. The van der Waals surface area contributed by atoms with E-state index in [1.807, 2.05) is 25.1 Å². The Kier molecular flexibility index (Phi) is 4.77. The minimum atomic E-state index is -0.365. The summed E-state index contributed by atoms with van der Waals surface area (Å²) >= 11 is 0. The molecular formula is C16H19N3O2. The highest BCUT2D eigenvalue weighted by Gasteiger charge is 2.08. The molecule has 0 aliphatic rings. The first kappa shape index (κ1) is 14.8. The number of nitrogen functional groups attached to an aromatic ring is 1. The van der Waals surface area contributed by atoms with E-state index in [4.69, 9.17) is 10.5 Å². The zero-order valence-corrected chi connectivity index (χ0v) is 12.2. The predicted octanol–water partition coefficient (Wildman–Crippen LogP) is 2.76. The molecule has 110 valence electrons. The number of nitrogens with zero attached hydrogens (tertiary/aromatic N) is 1.